The molecule has 3 aliphatic heterocycles. The molecule has 6 rings (SSSR count). The van der Waals surface area contributed by atoms with Gasteiger partial charge in [-0.25, -0.2) is 0 Å². The van der Waals surface area contributed by atoms with E-state index >= 15 is 0 Å². The lowest BCUT2D eigenvalue weighted by molar-refractivity contribution is 0.122. The molecule has 1 N–H and O–H groups in total. The predicted molar refractivity (Wildman–Crippen MR) is 127 cm³/mol. The summed E-state index contributed by atoms with van der Waals surface area (Å²) in [5.41, 5.74) is 6.61. The highest BCUT2D eigenvalue weighted by Gasteiger charge is 2.39. The molecule has 0 radical (unpaired) electrons. The summed E-state index contributed by atoms with van der Waals surface area (Å²) in [5.74, 6) is 1.62. The quantitative estimate of drug-likeness (QED) is 0.594. The van der Waals surface area contributed by atoms with Crippen LogP contribution in [0, 0.1) is 5.92 Å². The second-order valence-corrected chi connectivity index (χ2v) is 8.49. The number of hydrogen-bond donors (Lipinski definition) is 1. The Morgan fingerprint density at radius 1 is 0.839 bits per heavy atom. The van der Waals surface area contributed by atoms with Crippen LogP contribution in [-0.4, -0.2) is 31.1 Å². The van der Waals surface area contributed by atoms with Gasteiger partial charge in [0.1, 0.15) is 5.75 Å². The molecule has 3 saturated heterocycles. The van der Waals surface area contributed by atoms with E-state index in [0.29, 0.717) is 12.0 Å². The van der Waals surface area contributed by atoms with Gasteiger partial charge in [0.25, 0.3) is 0 Å². The first-order chi connectivity index (χ1) is 15.3. The molecule has 3 heterocycles. The Kier molecular flexibility index (Phi) is 5.77. The minimum Gasteiger partial charge on any atom is -0.496 e. The maximum atomic E-state index is 5.60. The highest BCUT2D eigenvalue weighted by molar-refractivity contribution is 5.82. The molecule has 3 fully saturated rings. The van der Waals surface area contributed by atoms with Gasteiger partial charge in [-0.2, -0.15) is 0 Å². The van der Waals surface area contributed by atoms with Crippen molar-refractivity contribution in [3.8, 4) is 5.75 Å². The lowest BCUT2D eigenvalue weighted by Gasteiger charge is -2.49. The van der Waals surface area contributed by atoms with E-state index in [-0.39, 0.29) is 0 Å². The van der Waals surface area contributed by atoms with E-state index in [1.165, 1.54) is 40.8 Å². The second kappa shape index (κ2) is 8.99. The molecule has 0 aromatic heterocycles. The van der Waals surface area contributed by atoms with Crippen LogP contribution >= 0.6 is 0 Å². The Morgan fingerprint density at radius 2 is 1.42 bits per heavy atom. The van der Waals surface area contributed by atoms with E-state index < -0.39 is 0 Å². The Balaban J connectivity index is 1.58. The molecule has 1 atom stereocenters. The van der Waals surface area contributed by atoms with Crippen LogP contribution in [0.2, 0.25) is 0 Å². The average Bonchev–Trinajstić information content (AvgIpc) is 2.85. The van der Waals surface area contributed by atoms with Gasteiger partial charge in [0, 0.05) is 36.5 Å². The predicted octanol–water partition coefficient (Wildman–Crippen LogP) is 5.34. The monoisotopic (exact) mass is 410 g/mol. The summed E-state index contributed by atoms with van der Waals surface area (Å²) >= 11 is 0. The Hall–Kier alpha value is -3.04. The first-order valence-electron chi connectivity index (χ1n) is 11.3. The molecular weight excluding hydrogens is 380 g/mol. The molecule has 0 saturated carbocycles. The van der Waals surface area contributed by atoms with Crippen molar-refractivity contribution in [3.05, 3.63) is 107 Å². The van der Waals surface area contributed by atoms with E-state index in [9.17, 15) is 0 Å². The van der Waals surface area contributed by atoms with Crippen LogP contribution in [-0.2, 0) is 6.54 Å². The molecule has 3 aromatic carbocycles. The van der Waals surface area contributed by atoms with Gasteiger partial charge in [-0.15, -0.1) is 0 Å². The Morgan fingerprint density at radius 3 is 2.03 bits per heavy atom. The van der Waals surface area contributed by atoms with Gasteiger partial charge < -0.3 is 15.0 Å². The number of ether oxygens (including phenoxy) is 1. The fourth-order valence-electron chi connectivity index (χ4n) is 5.21. The zero-order valence-electron chi connectivity index (χ0n) is 18.1. The molecule has 3 heteroatoms. The highest BCUT2D eigenvalue weighted by atomic mass is 16.5. The van der Waals surface area contributed by atoms with Crippen LogP contribution in [0.3, 0.4) is 0 Å². The van der Waals surface area contributed by atoms with E-state index in [1.807, 2.05) is 12.1 Å². The van der Waals surface area contributed by atoms with Crippen LogP contribution in [0.25, 0.3) is 5.57 Å². The van der Waals surface area contributed by atoms with Crippen LogP contribution in [0.15, 0.2) is 90.6 Å². The number of hydrogen-bond acceptors (Lipinski definition) is 3. The van der Waals surface area contributed by atoms with Crippen molar-refractivity contribution in [1.82, 2.24) is 10.2 Å². The fraction of sp³-hybridized carbons (Fsp3) is 0.286. The third kappa shape index (κ3) is 3.98. The van der Waals surface area contributed by atoms with Gasteiger partial charge in [0.15, 0.2) is 0 Å². The number of nitrogens with one attached hydrogen (secondary N) is 1. The first-order valence-corrected chi connectivity index (χ1v) is 11.3. The summed E-state index contributed by atoms with van der Waals surface area (Å²) in [6, 6.07) is 30.4. The van der Waals surface area contributed by atoms with Gasteiger partial charge in [0.2, 0.25) is 0 Å². The number of nitrogens with zero attached hydrogens (tertiary/aromatic N) is 1. The molecule has 0 aliphatic carbocycles. The summed E-state index contributed by atoms with van der Waals surface area (Å²) in [4.78, 5) is 2.62. The summed E-state index contributed by atoms with van der Waals surface area (Å²) < 4.78 is 5.60. The van der Waals surface area contributed by atoms with E-state index in [0.717, 1.165) is 25.4 Å². The Labute approximate surface area is 185 Å². The van der Waals surface area contributed by atoms with Crippen LogP contribution < -0.4 is 10.1 Å². The normalized spacial score (nSPS) is 20.0. The molecule has 1 unspecified atom stereocenters. The van der Waals surface area contributed by atoms with Crippen LogP contribution in [0.1, 0.15) is 29.5 Å². The van der Waals surface area contributed by atoms with Gasteiger partial charge in [-0.05, 0) is 36.0 Å². The van der Waals surface area contributed by atoms with Crippen molar-refractivity contribution in [1.29, 1.82) is 0 Å². The van der Waals surface area contributed by atoms with Gasteiger partial charge >= 0.3 is 0 Å². The standard InChI is InChI=1S/C28H30N2O/c1-31-25-15-9-8-14-24(25)20-29-27-23-16-18-30(19-17-23)28(27)26(21-10-4-2-5-11-21)22-12-6-3-7-13-22/h2-15,23,27,29H,16-20H2,1H3. The van der Waals surface area contributed by atoms with Crippen molar-refractivity contribution in [3.63, 3.8) is 0 Å². The minimum atomic E-state index is 0.336. The maximum absolute atomic E-state index is 5.60. The SMILES string of the molecule is COc1ccccc1CNC1C(=C(c2ccccc2)c2ccccc2)N2CCC1CC2. The van der Waals surface area contributed by atoms with Crippen LogP contribution in [0.4, 0.5) is 0 Å². The molecule has 158 valence electrons. The molecule has 31 heavy (non-hydrogen) atoms. The first kappa shape index (κ1) is 19.9. The second-order valence-electron chi connectivity index (χ2n) is 8.49. The number of methoxy groups -OCH3 is 1. The molecule has 3 nitrogen and oxygen atoms in total. The lowest BCUT2D eigenvalue weighted by Crippen LogP contribution is -2.54. The van der Waals surface area contributed by atoms with E-state index in [2.05, 4.69) is 83.0 Å². The number of piperidine rings is 3. The zero-order valence-corrected chi connectivity index (χ0v) is 18.1. The molecule has 2 bridgehead atoms. The third-order valence-electron chi connectivity index (χ3n) is 6.73. The molecule has 3 aliphatic rings. The van der Waals surface area contributed by atoms with Gasteiger partial charge in [-0.3, -0.25) is 0 Å². The smallest absolute Gasteiger partial charge is 0.123 e. The van der Waals surface area contributed by atoms with Crippen molar-refractivity contribution < 1.29 is 4.74 Å². The zero-order chi connectivity index (χ0) is 21.0. The summed E-state index contributed by atoms with van der Waals surface area (Å²) in [7, 11) is 1.75. The lowest BCUT2D eigenvalue weighted by atomic mass is 9.78. The third-order valence-corrected chi connectivity index (χ3v) is 6.73. The number of benzene rings is 3. The molecule has 3 aromatic rings. The largest absolute Gasteiger partial charge is 0.496 e. The fourth-order valence-corrected chi connectivity index (χ4v) is 5.21. The van der Waals surface area contributed by atoms with Crippen LogP contribution in [0.5, 0.6) is 5.75 Å². The van der Waals surface area contributed by atoms with Gasteiger partial charge in [-0.1, -0.05) is 78.9 Å². The van der Waals surface area contributed by atoms with Crippen molar-refractivity contribution in [2.45, 2.75) is 25.4 Å². The number of fused-ring (bicyclic) bond motifs is 3. The summed E-state index contributed by atoms with van der Waals surface area (Å²) in [6.07, 6.45) is 2.51. The molecule has 0 spiro atoms. The van der Waals surface area contributed by atoms with Crippen molar-refractivity contribution >= 4 is 5.57 Å². The van der Waals surface area contributed by atoms with Crippen molar-refractivity contribution in [2.75, 3.05) is 20.2 Å². The van der Waals surface area contributed by atoms with E-state index in [4.69, 9.17) is 4.74 Å². The number of rotatable bonds is 6. The maximum Gasteiger partial charge on any atom is 0.123 e. The molecule has 0 amide bonds. The summed E-state index contributed by atoms with van der Waals surface area (Å²) in [6.45, 7) is 3.10. The highest BCUT2D eigenvalue weighted by Crippen LogP contribution is 2.41. The summed E-state index contributed by atoms with van der Waals surface area (Å²) in [5, 5.41) is 3.93. The van der Waals surface area contributed by atoms with E-state index in [1.54, 1.807) is 7.11 Å². The van der Waals surface area contributed by atoms with Gasteiger partial charge in [0.05, 0.1) is 13.2 Å². The number of para-hydroxylation sites is 1. The average molecular weight is 411 g/mol. The molecular formula is C28H30N2O. The topological polar surface area (TPSA) is 24.5 Å². The minimum absolute atomic E-state index is 0.336. The Bertz CT molecular complexity index is 995. The van der Waals surface area contributed by atoms with Crippen molar-refractivity contribution in [2.24, 2.45) is 5.92 Å².